The summed E-state index contributed by atoms with van der Waals surface area (Å²) in [6.07, 6.45) is -0.384. The lowest BCUT2D eigenvalue weighted by Crippen LogP contribution is -3.28. The van der Waals surface area contributed by atoms with Crippen molar-refractivity contribution in [3.63, 3.8) is 0 Å². The highest BCUT2D eigenvalue weighted by Crippen LogP contribution is 2.16. The van der Waals surface area contributed by atoms with Gasteiger partial charge in [0.2, 0.25) is 0 Å². The lowest BCUT2D eigenvalue weighted by Gasteiger charge is -2.30. The molecule has 1 aromatic rings. The number of quaternary nitrogens is 2. The Morgan fingerprint density at radius 2 is 1.75 bits per heavy atom. The molecule has 24 heavy (non-hydrogen) atoms. The molecular weight excluding hydrogens is 304 g/mol. The van der Waals surface area contributed by atoms with Gasteiger partial charge in [-0.25, -0.2) is 0 Å². The zero-order valence-corrected chi connectivity index (χ0v) is 15.4. The van der Waals surface area contributed by atoms with Gasteiger partial charge in [-0.2, -0.15) is 0 Å². The average Bonchev–Trinajstić information content (AvgIpc) is 2.58. The van der Waals surface area contributed by atoms with Crippen molar-refractivity contribution >= 4 is 0 Å². The molecule has 5 nitrogen and oxygen atoms in total. The maximum Gasteiger partial charge on any atom is 0.127 e. The summed E-state index contributed by atoms with van der Waals surface area (Å²) in [6.45, 7) is 14.5. The molecule has 1 fully saturated rings. The maximum absolute atomic E-state index is 10.1. The Kier molecular flexibility index (Phi) is 7.99. The molecule has 1 atom stereocenters. The first-order valence-electron chi connectivity index (χ1n) is 9.21. The number of benzene rings is 1. The molecule has 0 aromatic heterocycles. The third kappa shape index (κ3) is 6.40. The van der Waals surface area contributed by atoms with E-state index in [0.717, 1.165) is 25.4 Å². The van der Waals surface area contributed by atoms with E-state index in [9.17, 15) is 5.11 Å². The summed E-state index contributed by atoms with van der Waals surface area (Å²) in [5.74, 6) is 0.878. The first kappa shape index (κ1) is 19.2. The molecule has 2 rings (SSSR count). The van der Waals surface area contributed by atoms with E-state index in [-0.39, 0.29) is 6.10 Å². The third-order valence-electron chi connectivity index (χ3n) is 4.97. The van der Waals surface area contributed by atoms with Crippen LogP contribution >= 0.6 is 0 Å². The molecule has 1 saturated heterocycles. The minimum atomic E-state index is -0.384. The summed E-state index contributed by atoms with van der Waals surface area (Å²) in [5, 5.41) is 10.1. The predicted octanol–water partition coefficient (Wildman–Crippen LogP) is -1.14. The first-order chi connectivity index (χ1) is 11.6. The van der Waals surface area contributed by atoms with Gasteiger partial charge in [-0.05, 0) is 44.0 Å². The molecule has 0 amide bonds. The number of likely N-dealkylation sites (N-methyl/N-ethyl adjacent to an activating group) is 1. The van der Waals surface area contributed by atoms with E-state index in [0.29, 0.717) is 19.8 Å². The van der Waals surface area contributed by atoms with E-state index in [2.05, 4.69) is 26.8 Å². The Balaban J connectivity index is 1.54. The molecule has 0 unspecified atom stereocenters. The van der Waals surface area contributed by atoms with Gasteiger partial charge in [0.15, 0.2) is 0 Å². The van der Waals surface area contributed by atoms with E-state index in [1.54, 1.807) is 4.90 Å². The number of nitrogens with one attached hydrogen (secondary N) is 2. The second-order valence-corrected chi connectivity index (χ2v) is 6.88. The van der Waals surface area contributed by atoms with Crippen LogP contribution in [0.3, 0.4) is 0 Å². The van der Waals surface area contributed by atoms with Gasteiger partial charge in [-0.1, -0.05) is 6.07 Å². The molecule has 136 valence electrons. The summed E-state index contributed by atoms with van der Waals surface area (Å²) in [6, 6.07) is 6.10. The fourth-order valence-electron chi connectivity index (χ4n) is 3.15. The van der Waals surface area contributed by atoms with Gasteiger partial charge in [0.1, 0.15) is 51.2 Å². The van der Waals surface area contributed by atoms with E-state index in [1.807, 2.05) is 12.1 Å². The van der Waals surface area contributed by atoms with Crippen molar-refractivity contribution < 1.29 is 24.4 Å². The van der Waals surface area contributed by atoms with Gasteiger partial charge in [0, 0.05) is 0 Å². The fraction of sp³-hybridized carbons (Fsp3) is 0.684. The van der Waals surface area contributed by atoms with Crippen LogP contribution in [-0.2, 0) is 4.74 Å². The summed E-state index contributed by atoms with van der Waals surface area (Å²) < 4.78 is 11.2. The van der Waals surface area contributed by atoms with Crippen molar-refractivity contribution in [2.24, 2.45) is 0 Å². The van der Waals surface area contributed by atoms with Crippen LogP contribution in [-0.4, -0.2) is 70.3 Å². The van der Waals surface area contributed by atoms with Crippen LogP contribution in [0.4, 0.5) is 0 Å². The summed E-state index contributed by atoms with van der Waals surface area (Å²) in [4.78, 5) is 3.17. The Labute approximate surface area is 146 Å². The number of piperazine rings is 1. The second-order valence-electron chi connectivity index (χ2n) is 6.88. The SMILES string of the molecule is CC[NH+]1CC[NH+](C[C@@H](O)COCCOc2ccc(C)c(C)c2)CC1. The maximum atomic E-state index is 10.1. The highest BCUT2D eigenvalue weighted by atomic mass is 16.5. The Hall–Kier alpha value is -1.14. The van der Waals surface area contributed by atoms with Crippen LogP contribution in [0.15, 0.2) is 18.2 Å². The Bertz CT molecular complexity index is 488. The Morgan fingerprint density at radius 1 is 1.04 bits per heavy atom. The fourth-order valence-corrected chi connectivity index (χ4v) is 3.15. The molecule has 0 aliphatic carbocycles. The molecule has 5 heteroatoms. The van der Waals surface area contributed by atoms with E-state index in [1.165, 1.54) is 35.7 Å². The molecule has 1 aromatic carbocycles. The van der Waals surface area contributed by atoms with Crippen molar-refractivity contribution in [3.05, 3.63) is 29.3 Å². The molecule has 0 saturated carbocycles. The number of ether oxygens (including phenoxy) is 2. The van der Waals surface area contributed by atoms with Crippen molar-refractivity contribution in [2.45, 2.75) is 26.9 Å². The van der Waals surface area contributed by atoms with Crippen LogP contribution in [0, 0.1) is 13.8 Å². The van der Waals surface area contributed by atoms with Gasteiger partial charge in [-0.3, -0.25) is 0 Å². The number of hydrogen-bond donors (Lipinski definition) is 3. The molecule has 1 aliphatic heterocycles. The van der Waals surface area contributed by atoms with E-state index >= 15 is 0 Å². The molecule has 1 aliphatic rings. The summed E-state index contributed by atoms with van der Waals surface area (Å²) >= 11 is 0. The van der Waals surface area contributed by atoms with Crippen molar-refractivity contribution in [2.75, 3.05) is 59.1 Å². The predicted molar refractivity (Wildman–Crippen MR) is 95.0 cm³/mol. The first-order valence-corrected chi connectivity index (χ1v) is 9.21. The number of rotatable bonds is 9. The monoisotopic (exact) mass is 338 g/mol. The smallest absolute Gasteiger partial charge is 0.127 e. The summed E-state index contributed by atoms with van der Waals surface area (Å²) in [7, 11) is 0. The third-order valence-corrected chi connectivity index (χ3v) is 4.97. The highest BCUT2D eigenvalue weighted by Gasteiger charge is 2.23. The van der Waals surface area contributed by atoms with E-state index in [4.69, 9.17) is 9.47 Å². The number of aryl methyl sites for hydroxylation is 2. The van der Waals surface area contributed by atoms with Gasteiger partial charge in [-0.15, -0.1) is 0 Å². The van der Waals surface area contributed by atoms with Crippen molar-refractivity contribution in [3.8, 4) is 5.75 Å². The van der Waals surface area contributed by atoms with Gasteiger partial charge < -0.3 is 24.4 Å². The molecule has 1 heterocycles. The van der Waals surface area contributed by atoms with Crippen molar-refractivity contribution in [1.82, 2.24) is 0 Å². The molecule has 0 spiro atoms. The quantitative estimate of drug-likeness (QED) is 0.499. The van der Waals surface area contributed by atoms with Crippen LogP contribution in [0.5, 0.6) is 5.75 Å². The van der Waals surface area contributed by atoms with Crippen LogP contribution in [0.2, 0.25) is 0 Å². The standard InChI is InChI=1S/C19H32N2O3/c1-4-20-7-9-21(10-8-20)14-18(22)15-23-11-12-24-19-6-5-16(2)17(3)13-19/h5-6,13,18,22H,4,7-12,14-15H2,1-3H3/p+2/t18-/m1/s1. The zero-order valence-electron chi connectivity index (χ0n) is 15.4. The van der Waals surface area contributed by atoms with Crippen LogP contribution in [0.1, 0.15) is 18.1 Å². The number of aliphatic hydroxyl groups excluding tert-OH is 1. The minimum absolute atomic E-state index is 0.384. The molecule has 3 N–H and O–H groups in total. The van der Waals surface area contributed by atoms with Crippen molar-refractivity contribution in [1.29, 1.82) is 0 Å². The number of hydrogen-bond acceptors (Lipinski definition) is 3. The average molecular weight is 338 g/mol. The zero-order chi connectivity index (χ0) is 17.4. The molecular formula is C19H34N2O3+2. The lowest BCUT2D eigenvalue weighted by atomic mass is 10.1. The molecule has 0 radical (unpaired) electrons. The largest absolute Gasteiger partial charge is 0.491 e. The second kappa shape index (κ2) is 9.99. The highest BCUT2D eigenvalue weighted by molar-refractivity contribution is 5.33. The van der Waals surface area contributed by atoms with E-state index < -0.39 is 0 Å². The normalized spacial score (nSPS) is 22.3. The van der Waals surface area contributed by atoms with Gasteiger partial charge >= 0.3 is 0 Å². The topological polar surface area (TPSA) is 47.6 Å². The lowest BCUT2D eigenvalue weighted by molar-refractivity contribution is -1.01. The summed E-state index contributed by atoms with van der Waals surface area (Å²) in [5.41, 5.74) is 2.50. The number of aliphatic hydroxyl groups is 1. The van der Waals surface area contributed by atoms with Gasteiger partial charge in [0.05, 0.1) is 19.8 Å². The van der Waals surface area contributed by atoms with Gasteiger partial charge in [0.25, 0.3) is 0 Å². The minimum Gasteiger partial charge on any atom is -0.491 e. The Morgan fingerprint density at radius 3 is 2.42 bits per heavy atom. The van der Waals surface area contributed by atoms with Crippen LogP contribution < -0.4 is 14.5 Å². The van der Waals surface area contributed by atoms with Crippen LogP contribution in [0.25, 0.3) is 0 Å². The molecule has 0 bridgehead atoms.